The quantitative estimate of drug-likeness (QED) is 0.366. The first-order valence-electron chi connectivity index (χ1n) is 14.0. The first-order valence-corrected chi connectivity index (χ1v) is 14.0. The van der Waals surface area contributed by atoms with E-state index in [1.165, 1.54) is 11.1 Å². The lowest BCUT2D eigenvalue weighted by Gasteiger charge is -2.32. The zero-order chi connectivity index (χ0) is 28.5. The van der Waals surface area contributed by atoms with Crippen LogP contribution < -0.4 is 4.74 Å². The van der Waals surface area contributed by atoms with E-state index in [0.717, 1.165) is 54.7 Å². The zero-order valence-electron chi connectivity index (χ0n) is 22.7. The number of benzene rings is 3. The Kier molecular flexibility index (Phi) is 7.53. The van der Waals surface area contributed by atoms with Crippen LogP contribution in [0.25, 0.3) is 0 Å². The lowest BCUT2D eigenvalue weighted by atomic mass is 9.89. The van der Waals surface area contributed by atoms with Gasteiger partial charge in [0.25, 0.3) is 5.91 Å². The van der Waals surface area contributed by atoms with E-state index in [1.807, 2.05) is 12.1 Å². The average Bonchev–Trinajstić information content (AvgIpc) is 3.29. The van der Waals surface area contributed by atoms with E-state index in [4.69, 9.17) is 4.74 Å². The standard InChI is InChI=1S/C32H31F2N3O4/c33-24-11-12-25(28(34)17-24)23-13-15-35(16-14-23)18-21-7-9-22(10-8-21)20-41-29-4-1-3-26-27(29)19-36(32(26)40)37-30(38)5-2-6-31(37)39/h1,3-4,7-12,17,23H,2,5-6,13-16,18-20H2. The molecule has 0 spiro atoms. The number of rotatable bonds is 7. The van der Waals surface area contributed by atoms with E-state index in [0.29, 0.717) is 35.5 Å². The minimum atomic E-state index is -0.546. The van der Waals surface area contributed by atoms with Crippen LogP contribution in [-0.4, -0.2) is 45.7 Å². The SMILES string of the molecule is O=C1c2cccc(OCc3ccc(CN4CCC(c5ccc(F)cc5F)CC4)cc3)c2CN1N1C(=O)CCCC1=O. The highest BCUT2D eigenvalue weighted by molar-refractivity contribution is 6.04. The van der Waals surface area contributed by atoms with Gasteiger partial charge in [0.05, 0.1) is 12.1 Å². The number of amides is 3. The predicted molar refractivity (Wildman–Crippen MR) is 146 cm³/mol. The number of hydrogen-bond donors (Lipinski definition) is 0. The fourth-order valence-corrected chi connectivity index (χ4v) is 5.99. The summed E-state index contributed by atoms with van der Waals surface area (Å²) in [4.78, 5) is 40.1. The number of carbonyl (C=O) groups is 3. The summed E-state index contributed by atoms with van der Waals surface area (Å²) in [5, 5.41) is 2.23. The summed E-state index contributed by atoms with van der Waals surface area (Å²) in [6.07, 6.45) is 2.66. The van der Waals surface area contributed by atoms with Gasteiger partial charge < -0.3 is 4.74 Å². The first kappa shape index (κ1) is 27.1. The van der Waals surface area contributed by atoms with Gasteiger partial charge >= 0.3 is 0 Å². The zero-order valence-corrected chi connectivity index (χ0v) is 22.7. The molecule has 0 unspecified atom stereocenters. The number of halogens is 2. The molecule has 3 aliphatic rings. The molecule has 3 heterocycles. The van der Waals surface area contributed by atoms with Gasteiger partial charge in [0.2, 0.25) is 11.8 Å². The van der Waals surface area contributed by atoms with E-state index < -0.39 is 11.6 Å². The van der Waals surface area contributed by atoms with Gasteiger partial charge in [0.15, 0.2) is 0 Å². The van der Waals surface area contributed by atoms with Crippen molar-refractivity contribution in [3.8, 4) is 5.75 Å². The molecule has 0 aliphatic carbocycles. The summed E-state index contributed by atoms with van der Waals surface area (Å²) in [6.45, 7) is 2.90. The van der Waals surface area contributed by atoms with Crippen molar-refractivity contribution < 1.29 is 27.9 Å². The number of imide groups is 1. The molecule has 212 valence electrons. The molecule has 0 radical (unpaired) electrons. The van der Waals surface area contributed by atoms with Crippen molar-refractivity contribution in [2.24, 2.45) is 0 Å². The molecule has 2 fully saturated rings. The molecule has 3 amide bonds. The highest BCUT2D eigenvalue weighted by atomic mass is 19.1. The van der Waals surface area contributed by atoms with Gasteiger partial charge in [-0.05, 0) is 73.2 Å². The Bertz CT molecular complexity index is 1470. The fourth-order valence-electron chi connectivity index (χ4n) is 5.99. The molecule has 3 aliphatic heterocycles. The number of hydrogen-bond acceptors (Lipinski definition) is 5. The summed E-state index contributed by atoms with van der Waals surface area (Å²) >= 11 is 0. The fraction of sp³-hybridized carbons (Fsp3) is 0.344. The monoisotopic (exact) mass is 559 g/mol. The van der Waals surface area contributed by atoms with Crippen molar-refractivity contribution in [3.63, 3.8) is 0 Å². The molecule has 6 rings (SSSR count). The Hall–Kier alpha value is -4.11. The molecule has 0 N–H and O–H groups in total. The van der Waals surface area contributed by atoms with E-state index >= 15 is 0 Å². The highest BCUT2D eigenvalue weighted by Gasteiger charge is 2.40. The van der Waals surface area contributed by atoms with Gasteiger partial charge in [-0.3, -0.25) is 19.3 Å². The second kappa shape index (κ2) is 11.4. The number of likely N-dealkylation sites (tertiary alicyclic amines) is 1. The van der Waals surface area contributed by atoms with Crippen LogP contribution in [0, 0.1) is 11.6 Å². The second-order valence-corrected chi connectivity index (χ2v) is 10.9. The minimum Gasteiger partial charge on any atom is -0.489 e. The van der Waals surface area contributed by atoms with Crippen LogP contribution in [0.5, 0.6) is 5.75 Å². The van der Waals surface area contributed by atoms with Crippen molar-refractivity contribution >= 4 is 17.7 Å². The summed E-state index contributed by atoms with van der Waals surface area (Å²) < 4.78 is 33.5. The number of fused-ring (bicyclic) bond motifs is 1. The lowest BCUT2D eigenvalue weighted by Crippen LogP contribution is -2.52. The Labute approximate surface area is 237 Å². The Morgan fingerprint density at radius 2 is 1.56 bits per heavy atom. The normalized spacial score (nSPS) is 18.2. The molecule has 2 saturated heterocycles. The average molecular weight is 560 g/mol. The van der Waals surface area contributed by atoms with Crippen LogP contribution in [0.4, 0.5) is 8.78 Å². The molecule has 7 nitrogen and oxygen atoms in total. The molecule has 41 heavy (non-hydrogen) atoms. The molecule has 3 aromatic carbocycles. The molecule has 9 heteroatoms. The van der Waals surface area contributed by atoms with Crippen LogP contribution >= 0.6 is 0 Å². The van der Waals surface area contributed by atoms with Crippen LogP contribution in [0.15, 0.2) is 60.7 Å². The smallest absolute Gasteiger partial charge is 0.273 e. The third-order valence-corrected chi connectivity index (χ3v) is 8.21. The van der Waals surface area contributed by atoms with E-state index in [2.05, 4.69) is 17.0 Å². The summed E-state index contributed by atoms with van der Waals surface area (Å²) in [5.41, 5.74) is 3.85. The van der Waals surface area contributed by atoms with Crippen molar-refractivity contribution in [3.05, 3.63) is 100 Å². The second-order valence-electron chi connectivity index (χ2n) is 10.9. The number of carbonyl (C=O) groups excluding carboxylic acids is 3. The minimum absolute atomic E-state index is 0.106. The number of nitrogens with zero attached hydrogens (tertiary/aromatic N) is 3. The van der Waals surface area contributed by atoms with E-state index in [9.17, 15) is 23.2 Å². The largest absolute Gasteiger partial charge is 0.489 e. The van der Waals surface area contributed by atoms with Gasteiger partial charge in [-0.2, -0.15) is 5.01 Å². The van der Waals surface area contributed by atoms with Crippen LogP contribution in [0.3, 0.4) is 0 Å². The maximum absolute atomic E-state index is 14.2. The summed E-state index contributed by atoms with van der Waals surface area (Å²) in [7, 11) is 0. The molecule has 0 atom stereocenters. The maximum Gasteiger partial charge on any atom is 0.273 e. The van der Waals surface area contributed by atoms with Crippen molar-refractivity contribution in [2.45, 2.75) is 57.7 Å². The van der Waals surface area contributed by atoms with Crippen LogP contribution in [0.1, 0.15) is 70.6 Å². The predicted octanol–water partition coefficient (Wildman–Crippen LogP) is 5.33. The Morgan fingerprint density at radius 1 is 0.854 bits per heavy atom. The third kappa shape index (κ3) is 5.59. The Balaban J connectivity index is 1.04. The highest BCUT2D eigenvalue weighted by Crippen LogP contribution is 2.34. The Morgan fingerprint density at radius 3 is 2.27 bits per heavy atom. The van der Waals surface area contributed by atoms with Crippen LogP contribution in [-0.2, 0) is 29.3 Å². The maximum atomic E-state index is 14.2. The third-order valence-electron chi connectivity index (χ3n) is 8.21. The van der Waals surface area contributed by atoms with Crippen molar-refractivity contribution in [2.75, 3.05) is 13.1 Å². The van der Waals surface area contributed by atoms with E-state index in [-0.39, 0.29) is 43.0 Å². The van der Waals surface area contributed by atoms with E-state index in [1.54, 1.807) is 24.3 Å². The molecular weight excluding hydrogens is 528 g/mol. The molecule has 0 saturated carbocycles. The number of piperidine rings is 2. The topological polar surface area (TPSA) is 70.2 Å². The summed E-state index contributed by atoms with van der Waals surface area (Å²) in [6, 6.07) is 17.3. The molecular formula is C32H31F2N3O4. The van der Waals surface area contributed by atoms with Crippen LogP contribution in [0.2, 0.25) is 0 Å². The van der Waals surface area contributed by atoms with Gasteiger partial charge in [-0.15, -0.1) is 0 Å². The van der Waals surface area contributed by atoms with Gasteiger partial charge in [-0.1, -0.05) is 36.4 Å². The van der Waals surface area contributed by atoms with Crippen molar-refractivity contribution in [1.82, 2.24) is 14.9 Å². The van der Waals surface area contributed by atoms with Crippen molar-refractivity contribution in [1.29, 1.82) is 0 Å². The number of ether oxygens (including phenoxy) is 1. The first-order chi connectivity index (χ1) is 19.9. The summed E-state index contributed by atoms with van der Waals surface area (Å²) in [5.74, 6) is -1.42. The molecule has 0 bridgehead atoms. The van der Waals surface area contributed by atoms with Gasteiger partial charge in [0.1, 0.15) is 24.0 Å². The molecule has 3 aromatic rings. The van der Waals surface area contributed by atoms with Gasteiger partial charge in [-0.25, -0.2) is 13.8 Å². The lowest BCUT2D eigenvalue weighted by molar-refractivity contribution is -0.163. The van der Waals surface area contributed by atoms with Gasteiger partial charge in [0, 0.05) is 31.0 Å². The number of hydrazine groups is 1. The molecule has 0 aromatic heterocycles.